The van der Waals surface area contributed by atoms with Gasteiger partial charge in [-0.15, -0.1) is 0 Å². The molecule has 0 fully saturated rings. The first-order valence-corrected chi connectivity index (χ1v) is 8.37. The van der Waals surface area contributed by atoms with Crippen LogP contribution in [0.15, 0.2) is 48.5 Å². The Labute approximate surface area is 146 Å². The lowest BCUT2D eigenvalue weighted by Crippen LogP contribution is -2.35. The first-order chi connectivity index (χ1) is 12.1. The predicted octanol–water partition coefficient (Wildman–Crippen LogP) is 3.14. The lowest BCUT2D eigenvalue weighted by Gasteiger charge is -2.17. The van der Waals surface area contributed by atoms with Crippen molar-refractivity contribution in [3.8, 4) is 11.1 Å². The summed E-state index contributed by atoms with van der Waals surface area (Å²) >= 11 is 0. The zero-order valence-electron chi connectivity index (χ0n) is 14.1. The van der Waals surface area contributed by atoms with Gasteiger partial charge < -0.3 is 15.2 Å². The number of nitrogens with one attached hydrogen (secondary N) is 1. The van der Waals surface area contributed by atoms with Crippen molar-refractivity contribution in [2.24, 2.45) is 0 Å². The lowest BCUT2D eigenvalue weighted by molar-refractivity contribution is -0.137. The van der Waals surface area contributed by atoms with Crippen molar-refractivity contribution in [3.63, 3.8) is 0 Å². The summed E-state index contributed by atoms with van der Waals surface area (Å²) in [6.45, 7) is 1.73. The second kappa shape index (κ2) is 7.49. The summed E-state index contributed by atoms with van der Waals surface area (Å²) in [6, 6.07) is 15.9. The molecular weight excluding hydrogens is 318 g/mol. The Bertz CT molecular complexity index is 741. The number of amides is 1. The molecule has 1 amide bonds. The largest absolute Gasteiger partial charge is 0.481 e. The molecule has 25 heavy (non-hydrogen) atoms. The van der Waals surface area contributed by atoms with Crippen molar-refractivity contribution in [1.29, 1.82) is 0 Å². The molecule has 0 spiro atoms. The van der Waals surface area contributed by atoms with Crippen molar-refractivity contribution in [3.05, 3.63) is 59.7 Å². The van der Waals surface area contributed by atoms with Crippen LogP contribution >= 0.6 is 0 Å². The molecule has 3 rings (SSSR count). The Balaban J connectivity index is 1.63. The normalized spacial score (nSPS) is 13.8. The van der Waals surface area contributed by atoms with E-state index >= 15 is 0 Å². The highest BCUT2D eigenvalue weighted by atomic mass is 16.5. The van der Waals surface area contributed by atoms with Crippen LogP contribution in [0.1, 0.15) is 37.0 Å². The quantitative estimate of drug-likeness (QED) is 0.812. The van der Waals surface area contributed by atoms with E-state index < -0.39 is 5.97 Å². The Morgan fingerprint density at radius 1 is 1.08 bits per heavy atom. The van der Waals surface area contributed by atoms with Crippen LogP contribution in [0.3, 0.4) is 0 Å². The zero-order chi connectivity index (χ0) is 17.8. The van der Waals surface area contributed by atoms with Crippen molar-refractivity contribution in [2.75, 3.05) is 6.61 Å². The number of carboxylic acid groups (broad SMARTS) is 1. The van der Waals surface area contributed by atoms with E-state index in [1.54, 1.807) is 6.92 Å². The molecular formula is C20H21NO4. The van der Waals surface area contributed by atoms with Crippen LogP contribution in [0.2, 0.25) is 0 Å². The summed E-state index contributed by atoms with van der Waals surface area (Å²) in [4.78, 5) is 22.7. The van der Waals surface area contributed by atoms with E-state index in [2.05, 4.69) is 17.4 Å². The van der Waals surface area contributed by atoms with Crippen LogP contribution in [-0.4, -0.2) is 29.6 Å². The Morgan fingerprint density at radius 2 is 1.64 bits per heavy atom. The Hall–Kier alpha value is -2.66. The molecule has 0 radical (unpaired) electrons. The van der Waals surface area contributed by atoms with Gasteiger partial charge in [0, 0.05) is 12.5 Å². The van der Waals surface area contributed by atoms with Crippen LogP contribution in [0.25, 0.3) is 11.1 Å². The van der Waals surface area contributed by atoms with Gasteiger partial charge in [-0.25, -0.2) is 0 Å². The van der Waals surface area contributed by atoms with Gasteiger partial charge >= 0.3 is 5.97 Å². The molecule has 0 saturated carbocycles. The number of ether oxygens (including phenoxy) is 1. The van der Waals surface area contributed by atoms with Crippen LogP contribution in [0, 0.1) is 0 Å². The lowest BCUT2D eigenvalue weighted by atomic mass is 10.1. The maximum Gasteiger partial charge on any atom is 0.303 e. The fourth-order valence-electron chi connectivity index (χ4n) is 3.18. The number of carboxylic acids is 1. The second-order valence-corrected chi connectivity index (χ2v) is 6.27. The molecule has 130 valence electrons. The van der Waals surface area contributed by atoms with Crippen molar-refractivity contribution < 1.29 is 19.4 Å². The second-order valence-electron chi connectivity index (χ2n) is 6.27. The molecule has 0 heterocycles. The van der Waals surface area contributed by atoms with Crippen molar-refractivity contribution >= 4 is 11.9 Å². The fraction of sp³-hybridized carbons (Fsp3) is 0.300. The molecule has 0 aliphatic heterocycles. The maximum atomic E-state index is 12.1. The smallest absolute Gasteiger partial charge is 0.303 e. The number of carbonyl (C=O) groups is 2. The minimum absolute atomic E-state index is 0.0334. The molecule has 1 atom stereocenters. The van der Waals surface area contributed by atoms with Crippen LogP contribution in [0.5, 0.6) is 0 Å². The van der Waals surface area contributed by atoms with Gasteiger partial charge in [-0.1, -0.05) is 48.5 Å². The van der Waals surface area contributed by atoms with Crippen LogP contribution in [0.4, 0.5) is 0 Å². The van der Waals surface area contributed by atoms with Gasteiger partial charge in [0.25, 0.3) is 0 Å². The summed E-state index contributed by atoms with van der Waals surface area (Å²) in [5.41, 5.74) is 4.41. The van der Waals surface area contributed by atoms with Crippen LogP contribution < -0.4 is 5.32 Å². The van der Waals surface area contributed by atoms with Gasteiger partial charge in [-0.05, 0) is 35.6 Å². The average Bonchev–Trinajstić information content (AvgIpc) is 2.92. The summed E-state index contributed by atoms with van der Waals surface area (Å²) < 4.78 is 5.92. The van der Waals surface area contributed by atoms with Crippen molar-refractivity contribution in [2.45, 2.75) is 31.9 Å². The molecule has 2 aromatic rings. The molecule has 5 heteroatoms. The van der Waals surface area contributed by atoms with Gasteiger partial charge in [-0.3, -0.25) is 9.59 Å². The van der Waals surface area contributed by atoms with Crippen LogP contribution in [-0.2, 0) is 14.3 Å². The first-order valence-electron chi connectivity index (χ1n) is 8.37. The number of aliphatic carboxylic acids is 1. The standard InChI is InChI=1S/C20H21NO4/c1-13(10-11-19(23)24)21-18(22)12-25-20-16-8-4-2-6-14(16)15-7-3-5-9-17(15)20/h2-9,13,20H,10-12H2,1H3,(H,21,22)(H,23,24)/t13-/m0/s1. The number of rotatable bonds is 7. The summed E-state index contributed by atoms with van der Waals surface area (Å²) in [6.07, 6.45) is 0.175. The minimum atomic E-state index is -0.864. The summed E-state index contributed by atoms with van der Waals surface area (Å²) in [5, 5.41) is 11.5. The number of hydrogen-bond acceptors (Lipinski definition) is 3. The minimum Gasteiger partial charge on any atom is -0.481 e. The number of fused-ring (bicyclic) bond motifs is 3. The van der Waals surface area contributed by atoms with Gasteiger partial charge in [0.15, 0.2) is 0 Å². The average molecular weight is 339 g/mol. The third kappa shape index (κ3) is 3.88. The highest BCUT2D eigenvalue weighted by molar-refractivity contribution is 5.79. The third-order valence-electron chi connectivity index (χ3n) is 4.36. The third-order valence-corrected chi connectivity index (χ3v) is 4.36. The van der Waals surface area contributed by atoms with Gasteiger partial charge in [0.1, 0.15) is 12.7 Å². The molecule has 2 aromatic carbocycles. The van der Waals surface area contributed by atoms with E-state index in [1.165, 1.54) is 0 Å². The maximum absolute atomic E-state index is 12.1. The highest BCUT2D eigenvalue weighted by Gasteiger charge is 2.29. The molecule has 0 saturated heterocycles. The zero-order valence-corrected chi connectivity index (χ0v) is 14.1. The SMILES string of the molecule is C[C@@H](CCC(=O)O)NC(=O)COC1c2ccccc2-c2ccccc21. The van der Waals surface area contributed by atoms with E-state index in [-0.39, 0.29) is 31.1 Å². The Kier molecular flexibility index (Phi) is 5.14. The topological polar surface area (TPSA) is 75.6 Å². The molecule has 0 aromatic heterocycles. The number of benzene rings is 2. The number of carbonyl (C=O) groups excluding carboxylic acids is 1. The van der Waals surface area contributed by atoms with E-state index in [9.17, 15) is 9.59 Å². The van der Waals surface area contributed by atoms with E-state index in [0.29, 0.717) is 6.42 Å². The van der Waals surface area contributed by atoms with E-state index in [4.69, 9.17) is 9.84 Å². The Morgan fingerprint density at radius 3 is 2.20 bits per heavy atom. The molecule has 1 aliphatic rings. The van der Waals surface area contributed by atoms with E-state index in [0.717, 1.165) is 22.3 Å². The fourth-order valence-corrected chi connectivity index (χ4v) is 3.18. The van der Waals surface area contributed by atoms with E-state index in [1.807, 2.05) is 36.4 Å². The molecule has 5 nitrogen and oxygen atoms in total. The molecule has 2 N–H and O–H groups in total. The summed E-state index contributed by atoms with van der Waals surface area (Å²) in [5.74, 6) is -1.10. The highest BCUT2D eigenvalue weighted by Crippen LogP contribution is 2.44. The van der Waals surface area contributed by atoms with Gasteiger partial charge in [0.2, 0.25) is 5.91 Å². The van der Waals surface area contributed by atoms with Gasteiger partial charge in [-0.2, -0.15) is 0 Å². The van der Waals surface area contributed by atoms with Gasteiger partial charge in [0.05, 0.1) is 0 Å². The molecule has 0 bridgehead atoms. The first kappa shape index (κ1) is 17.2. The predicted molar refractivity (Wildman–Crippen MR) is 94.1 cm³/mol. The monoisotopic (exact) mass is 339 g/mol. The summed E-state index contributed by atoms with van der Waals surface area (Å²) in [7, 11) is 0. The number of hydrogen-bond donors (Lipinski definition) is 2. The molecule has 0 unspecified atom stereocenters. The van der Waals surface area contributed by atoms with Crippen molar-refractivity contribution in [1.82, 2.24) is 5.32 Å². The molecule has 1 aliphatic carbocycles.